The second-order valence-electron chi connectivity index (χ2n) is 4.10. The third-order valence-corrected chi connectivity index (χ3v) is 2.95. The summed E-state index contributed by atoms with van der Waals surface area (Å²) >= 11 is 5.95. The van der Waals surface area contributed by atoms with Gasteiger partial charge in [0.25, 0.3) is 0 Å². The minimum Gasteiger partial charge on any atom is -0.464 e. The molecule has 106 valence electrons. The summed E-state index contributed by atoms with van der Waals surface area (Å²) in [6, 6.07) is 7.40. The van der Waals surface area contributed by atoms with Crippen LogP contribution in [-0.2, 0) is 22.6 Å². The normalized spacial score (nSPS) is 10.6. The maximum absolute atomic E-state index is 11.6. The lowest BCUT2D eigenvalue weighted by Crippen LogP contribution is -2.11. The molecule has 2 rings (SSSR count). The number of hydrogen-bond donors (Lipinski definition) is 0. The van der Waals surface area contributed by atoms with Crippen LogP contribution in [0.2, 0.25) is 5.02 Å². The van der Waals surface area contributed by atoms with E-state index in [0.717, 1.165) is 5.56 Å². The van der Waals surface area contributed by atoms with Crippen LogP contribution in [0.4, 0.5) is 0 Å². The molecule has 0 radical (unpaired) electrons. The molecule has 1 aromatic heterocycles. The number of methoxy groups -OCH3 is 2. The van der Waals surface area contributed by atoms with Gasteiger partial charge in [-0.2, -0.15) is 0 Å². The van der Waals surface area contributed by atoms with Crippen molar-refractivity contribution in [2.45, 2.75) is 13.2 Å². The van der Waals surface area contributed by atoms with Crippen LogP contribution >= 0.6 is 11.6 Å². The van der Waals surface area contributed by atoms with Crippen molar-refractivity contribution in [3.63, 3.8) is 0 Å². The average Bonchev–Trinajstić information content (AvgIpc) is 2.82. The predicted octanol–water partition coefficient (Wildman–Crippen LogP) is 1.91. The molecule has 0 spiro atoms. The lowest BCUT2D eigenvalue weighted by atomic mass is 10.2. The summed E-state index contributed by atoms with van der Waals surface area (Å²) in [7, 11) is 2.84. The molecule has 0 aliphatic carbocycles. The van der Waals surface area contributed by atoms with Crippen molar-refractivity contribution in [1.29, 1.82) is 0 Å². The number of esters is 1. The molecular formula is C13H14ClN3O3. The third kappa shape index (κ3) is 3.15. The molecule has 0 saturated carbocycles. The van der Waals surface area contributed by atoms with Crippen molar-refractivity contribution in [2.75, 3.05) is 14.2 Å². The van der Waals surface area contributed by atoms with E-state index in [1.165, 1.54) is 14.2 Å². The fourth-order valence-electron chi connectivity index (χ4n) is 1.80. The lowest BCUT2D eigenvalue weighted by molar-refractivity contribution is 0.0588. The van der Waals surface area contributed by atoms with Gasteiger partial charge in [0.1, 0.15) is 0 Å². The smallest absolute Gasteiger partial charge is 0.360 e. The van der Waals surface area contributed by atoms with Gasteiger partial charge in [0, 0.05) is 12.1 Å². The maximum atomic E-state index is 11.6. The number of hydrogen-bond acceptors (Lipinski definition) is 5. The molecule has 0 aliphatic heterocycles. The molecule has 0 N–H and O–H groups in total. The summed E-state index contributed by atoms with van der Waals surface area (Å²) in [5.41, 5.74) is 1.69. The van der Waals surface area contributed by atoms with Gasteiger partial charge in [0.15, 0.2) is 5.69 Å². The number of carbonyl (C=O) groups is 1. The van der Waals surface area contributed by atoms with Gasteiger partial charge in [-0.3, -0.25) is 0 Å². The minimum atomic E-state index is -0.533. The van der Waals surface area contributed by atoms with E-state index in [4.69, 9.17) is 16.3 Å². The molecule has 1 heterocycles. The Morgan fingerprint density at radius 3 is 2.85 bits per heavy atom. The fourth-order valence-corrected chi connectivity index (χ4v) is 2.02. The predicted molar refractivity (Wildman–Crippen MR) is 72.6 cm³/mol. The van der Waals surface area contributed by atoms with E-state index in [2.05, 4.69) is 15.0 Å². The Labute approximate surface area is 121 Å². The standard InChI is InChI=1S/C13H14ClN3O3/c1-19-8-11-12(13(18)20-2)15-16-17(11)7-9-4-3-5-10(14)6-9/h3-6H,7-8H2,1-2H3. The van der Waals surface area contributed by atoms with Gasteiger partial charge < -0.3 is 9.47 Å². The molecule has 0 fully saturated rings. The van der Waals surface area contributed by atoms with Gasteiger partial charge in [-0.05, 0) is 17.7 Å². The highest BCUT2D eigenvalue weighted by atomic mass is 35.5. The van der Waals surface area contributed by atoms with Crippen molar-refractivity contribution in [1.82, 2.24) is 15.0 Å². The first-order chi connectivity index (χ1) is 9.65. The van der Waals surface area contributed by atoms with E-state index in [-0.39, 0.29) is 12.3 Å². The molecule has 6 nitrogen and oxygen atoms in total. The molecule has 1 aromatic carbocycles. The van der Waals surface area contributed by atoms with Crippen LogP contribution in [0.1, 0.15) is 21.7 Å². The second kappa shape index (κ2) is 6.49. The maximum Gasteiger partial charge on any atom is 0.360 e. The molecule has 0 atom stereocenters. The number of carbonyl (C=O) groups excluding carboxylic acids is 1. The minimum absolute atomic E-state index is 0.163. The second-order valence-corrected chi connectivity index (χ2v) is 4.53. The average molecular weight is 296 g/mol. The van der Waals surface area contributed by atoms with Crippen molar-refractivity contribution in [3.05, 3.63) is 46.2 Å². The number of rotatable bonds is 5. The van der Waals surface area contributed by atoms with Gasteiger partial charge >= 0.3 is 5.97 Å². The number of nitrogens with zero attached hydrogens (tertiary/aromatic N) is 3. The van der Waals surface area contributed by atoms with E-state index in [9.17, 15) is 4.79 Å². The van der Waals surface area contributed by atoms with Crippen molar-refractivity contribution < 1.29 is 14.3 Å². The quantitative estimate of drug-likeness (QED) is 0.788. The molecule has 0 amide bonds. The molecule has 0 aliphatic rings. The Bertz CT molecular complexity index is 613. The Morgan fingerprint density at radius 1 is 1.40 bits per heavy atom. The van der Waals surface area contributed by atoms with Gasteiger partial charge in [-0.1, -0.05) is 28.9 Å². The van der Waals surface area contributed by atoms with Crippen molar-refractivity contribution in [3.8, 4) is 0 Å². The Kier molecular flexibility index (Phi) is 4.70. The van der Waals surface area contributed by atoms with Crippen LogP contribution in [0.15, 0.2) is 24.3 Å². The Balaban J connectivity index is 2.31. The van der Waals surface area contributed by atoms with Gasteiger partial charge in [-0.25, -0.2) is 9.48 Å². The van der Waals surface area contributed by atoms with Crippen LogP contribution in [0.5, 0.6) is 0 Å². The van der Waals surface area contributed by atoms with Gasteiger partial charge in [0.2, 0.25) is 0 Å². The molecule has 0 unspecified atom stereocenters. The monoisotopic (exact) mass is 295 g/mol. The first-order valence-electron chi connectivity index (χ1n) is 5.89. The molecule has 7 heteroatoms. The molecule has 20 heavy (non-hydrogen) atoms. The van der Waals surface area contributed by atoms with Crippen LogP contribution in [0, 0.1) is 0 Å². The molecule has 0 bridgehead atoms. The highest BCUT2D eigenvalue weighted by molar-refractivity contribution is 6.30. The zero-order valence-electron chi connectivity index (χ0n) is 11.2. The first-order valence-corrected chi connectivity index (χ1v) is 6.27. The van der Waals surface area contributed by atoms with Crippen LogP contribution in [0.3, 0.4) is 0 Å². The van der Waals surface area contributed by atoms with E-state index in [0.29, 0.717) is 17.3 Å². The van der Waals surface area contributed by atoms with Crippen LogP contribution < -0.4 is 0 Å². The lowest BCUT2D eigenvalue weighted by Gasteiger charge is -2.07. The van der Waals surface area contributed by atoms with E-state index < -0.39 is 5.97 Å². The summed E-state index contributed by atoms with van der Waals surface area (Å²) in [4.78, 5) is 11.6. The van der Waals surface area contributed by atoms with Crippen molar-refractivity contribution in [2.24, 2.45) is 0 Å². The van der Waals surface area contributed by atoms with Crippen LogP contribution in [-0.4, -0.2) is 35.2 Å². The molecule has 0 saturated heterocycles. The Hall–Kier alpha value is -1.92. The summed E-state index contributed by atoms with van der Waals surface area (Å²) in [6.45, 7) is 0.668. The topological polar surface area (TPSA) is 66.2 Å². The number of benzene rings is 1. The summed E-state index contributed by atoms with van der Waals surface area (Å²) < 4.78 is 11.4. The van der Waals surface area contributed by atoms with Gasteiger partial charge in [0.05, 0.1) is 26.0 Å². The third-order valence-electron chi connectivity index (χ3n) is 2.72. The molecular weight excluding hydrogens is 282 g/mol. The summed E-state index contributed by atoms with van der Waals surface area (Å²) in [5, 5.41) is 8.46. The summed E-state index contributed by atoms with van der Waals surface area (Å²) in [6.07, 6.45) is 0. The zero-order valence-corrected chi connectivity index (χ0v) is 11.9. The zero-order chi connectivity index (χ0) is 14.5. The number of ether oxygens (including phenoxy) is 2. The molecule has 2 aromatic rings. The van der Waals surface area contributed by atoms with Crippen LogP contribution in [0.25, 0.3) is 0 Å². The fraction of sp³-hybridized carbons (Fsp3) is 0.308. The van der Waals surface area contributed by atoms with Gasteiger partial charge in [-0.15, -0.1) is 5.10 Å². The number of halogens is 1. The van der Waals surface area contributed by atoms with E-state index >= 15 is 0 Å². The number of aromatic nitrogens is 3. The highest BCUT2D eigenvalue weighted by Crippen LogP contribution is 2.14. The SMILES string of the molecule is COCc1c(C(=O)OC)nnn1Cc1cccc(Cl)c1. The highest BCUT2D eigenvalue weighted by Gasteiger charge is 2.20. The first kappa shape index (κ1) is 14.5. The van der Waals surface area contributed by atoms with E-state index in [1.807, 2.05) is 18.2 Å². The van der Waals surface area contributed by atoms with Crippen molar-refractivity contribution >= 4 is 17.6 Å². The summed E-state index contributed by atoms with van der Waals surface area (Å²) in [5.74, 6) is -0.533. The van der Waals surface area contributed by atoms with E-state index in [1.54, 1.807) is 10.7 Å². The Morgan fingerprint density at radius 2 is 2.20 bits per heavy atom. The largest absolute Gasteiger partial charge is 0.464 e.